The van der Waals surface area contributed by atoms with Gasteiger partial charge in [-0.3, -0.25) is 0 Å². The first kappa shape index (κ1) is 16.7. The van der Waals surface area contributed by atoms with Gasteiger partial charge in [0.2, 0.25) is 0 Å². The zero-order chi connectivity index (χ0) is 14.6. The molecule has 0 aliphatic carbocycles. The van der Waals surface area contributed by atoms with E-state index >= 15 is 0 Å². The minimum atomic E-state index is -3.05. The van der Waals surface area contributed by atoms with Gasteiger partial charge < -0.3 is 0 Å². The first-order valence-electron chi connectivity index (χ1n) is 6.57. The van der Waals surface area contributed by atoms with Crippen molar-refractivity contribution in [2.75, 3.05) is 11.1 Å². The van der Waals surface area contributed by atoms with Crippen molar-refractivity contribution in [1.82, 2.24) is 0 Å². The SMILES string of the molecule is Cc1cc(C)cc(CS(=O)(=O)CC(CBr)C(C)C)c1. The summed E-state index contributed by atoms with van der Waals surface area (Å²) >= 11 is 3.41. The van der Waals surface area contributed by atoms with E-state index in [0.717, 1.165) is 22.0 Å². The molecule has 2 nitrogen and oxygen atoms in total. The molecule has 0 bridgehead atoms. The summed E-state index contributed by atoms with van der Waals surface area (Å²) in [6, 6.07) is 5.98. The molecule has 0 aliphatic heterocycles. The predicted octanol–water partition coefficient (Wildman–Crippen LogP) is 3.89. The highest BCUT2D eigenvalue weighted by Gasteiger charge is 2.21. The Labute approximate surface area is 125 Å². The second-order valence-electron chi connectivity index (χ2n) is 5.71. The number of halogens is 1. The fraction of sp³-hybridized carbons (Fsp3) is 0.600. The van der Waals surface area contributed by atoms with Gasteiger partial charge in [-0.05, 0) is 31.2 Å². The molecule has 0 fully saturated rings. The number of alkyl halides is 1. The molecule has 1 atom stereocenters. The Morgan fingerprint density at radius 3 is 2.05 bits per heavy atom. The Balaban J connectivity index is 2.84. The Bertz CT molecular complexity index is 501. The molecule has 19 heavy (non-hydrogen) atoms. The van der Waals surface area contributed by atoms with Gasteiger partial charge in [-0.1, -0.05) is 59.1 Å². The molecule has 0 N–H and O–H groups in total. The summed E-state index contributed by atoms with van der Waals surface area (Å²) in [5.74, 6) is 0.943. The summed E-state index contributed by atoms with van der Waals surface area (Å²) in [5, 5.41) is 0.733. The van der Waals surface area contributed by atoms with Crippen LogP contribution in [0.4, 0.5) is 0 Å². The number of hydrogen-bond acceptors (Lipinski definition) is 2. The third kappa shape index (κ3) is 5.65. The first-order valence-corrected chi connectivity index (χ1v) is 9.51. The third-order valence-corrected chi connectivity index (χ3v) is 5.82. The van der Waals surface area contributed by atoms with Crippen LogP contribution >= 0.6 is 15.9 Å². The minimum Gasteiger partial charge on any atom is -0.228 e. The van der Waals surface area contributed by atoms with E-state index in [1.165, 1.54) is 0 Å². The summed E-state index contributed by atoms with van der Waals surface area (Å²) in [7, 11) is -3.05. The molecule has 0 radical (unpaired) electrons. The summed E-state index contributed by atoms with van der Waals surface area (Å²) in [6.45, 7) is 8.13. The quantitative estimate of drug-likeness (QED) is 0.732. The molecule has 108 valence electrons. The first-order chi connectivity index (χ1) is 8.73. The summed E-state index contributed by atoms with van der Waals surface area (Å²) in [6.07, 6.45) is 0. The average Bonchev–Trinajstić information content (AvgIpc) is 2.23. The maximum atomic E-state index is 12.3. The maximum Gasteiger partial charge on any atom is 0.154 e. The Morgan fingerprint density at radius 2 is 1.63 bits per heavy atom. The van der Waals surface area contributed by atoms with Crippen LogP contribution in [0.1, 0.15) is 30.5 Å². The van der Waals surface area contributed by atoms with Crippen molar-refractivity contribution in [2.45, 2.75) is 33.4 Å². The molecule has 1 unspecified atom stereocenters. The van der Waals surface area contributed by atoms with Crippen molar-refractivity contribution in [3.63, 3.8) is 0 Å². The highest BCUT2D eigenvalue weighted by molar-refractivity contribution is 9.09. The van der Waals surface area contributed by atoms with Gasteiger partial charge in [-0.2, -0.15) is 0 Å². The average molecular weight is 347 g/mol. The lowest BCUT2D eigenvalue weighted by Crippen LogP contribution is -2.23. The molecule has 1 aromatic carbocycles. The number of hydrogen-bond donors (Lipinski definition) is 0. The van der Waals surface area contributed by atoms with E-state index in [1.807, 2.05) is 26.0 Å². The van der Waals surface area contributed by atoms with Gasteiger partial charge in [0.1, 0.15) is 0 Å². The topological polar surface area (TPSA) is 34.1 Å². The van der Waals surface area contributed by atoms with Gasteiger partial charge in [-0.25, -0.2) is 8.42 Å². The Morgan fingerprint density at radius 1 is 1.11 bits per heavy atom. The second kappa shape index (κ2) is 6.89. The molecule has 0 amide bonds. The fourth-order valence-corrected chi connectivity index (χ4v) is 5.43. The molecular formula is C15H23BrO2S. The van der Waals surface area contributed by atoms with E-state index in [9.17, 15) is 8.42 Å². The van der Waals surface area contributed by atoms with E-state index in [2.05, 4.69) is 35.8 Å². The molecule has 4 heteroatoms. The molecule has 1 aromatic rings. The zero-order valence-corrected chi connectivity index (χ0v) is 14.5. The van der Waals surface area contributed by atoms with Gasteiger partial charge in [0.05, 0.1) is 11.5 Å². The van der Waals surface area contributed by atoms with Crippen molar-refractivity contribution >= 4 is 25.8 Å². The molecular weight excluding hydrogens is 324 g/mol. The van der Waals surface area contributed by atoms with E-state index in [4.69, 9.17) is 0 Å². The smallest absolute Gasteiger partial charge is 0.154 e. The second-order valence-corrected chi connectivity index (χ2v) is 8.47. The zero-order valence-electron chi connectivity index (χ0n) is 12.1. The van der Waals surface area contributed by atoms with Gasteiger partial charge in [0.15, 0.2) is 9.84 Å². The maximum absolute atomic E-state index is 12.3. The van der Waals surface area contributed by atoms with Crippen LogP contribution in [0, 0.1) is 25.7 Å². The van der Waals surface area contributed by atoms with E-state index < -0.39 is 9.84 Å². The van der Waals surface area contributed by atoms with Crippen LogP contribution in [0.5, 0.6) is 0 Å². The summed E-state index contributed by atoms with van der Waals surface area (Å²) in [4.78, 5) is 0. The molecule has 0 heterocycles. The van der Waals surface area contributed by atoms with Crippen LogP contribution in [0.3, 0.4) is 0 Å². The molecule has 0 spiro atoms. The molecule has 0 saturated carbocycles. The van der Waals surface area contributed by atoms with Crippen molar-refractivity contribution in [1.29, 1.82) is 0 Å². The molecule has 0 aromatic heterocycles. The Hall–Kier alpha value is -0.350. The standard InChI is InChI=1S/C15H23BrO2S/c1-11(2)15(8-16)10-19(17,18)9-14-6-12(3)5-13(4)7-14/h5-7,11,15H,8-10H2,1-4H3. The molecule has 0 saturated heterocycles. The van der Waals surface area contributed by atoms with Crippen LogP contribution in [0.25, 0.3) is 0 Å². The number of sulfone groups is 1. The van der Waals surface area contributed by atoms with Crippen LogP contribution in [-0.4, -0.2) is 19.5 Å². The van der Waals surface area contributed by atoms with Crippen LogP contribution in [-0.2, 0) is 15.6 Å². The Kier molecular flexibility index (Phi) is 6.06. The van der Waals surface area contributed by atoms with Gasteiger partial charge in [-0.15, -0.1) is 0 Å². The highest BCUT2D eigenvalue weighted by atomic mass is 79.9. The lowest BCUT2D eigenvalue weighted by Gasteiger charge is -2.18. The normalized spacial score (nSPS) is 13.8. The largest absolute Gasteiger partial charge is 0.228 e. The summed E-state index contributed by atoms with van der Waals surface area (Å²) in [5.41, 5.74) is 3.13. The predicted molar refractivity (Wildman–Crippen MR) is 85.5 cm³/mol. The van der Waals surface area contributed by atoms with Crippen LogP contribution < -0.4 is 0 Å². The number of benzene rings is 1. The van der Waals surface area contributed by atoms with E-state index in [0.29, 0.717) is 5.92 Å². The molecule has 0 aliphatic rings. The van der Waals surface area contributed by atoms with E-state index in [-0.39, 0.29) is 17.4 Å². The lowest BCUT2D eigenvalue weighted by molar-refractivity contribution is 0.461. The lowest BCUT2D eigenvalue weighted by atomic mass is 10.0. The number of rotatable bonds is 6. The summed E-state index contributed by atoms with van der Waals surface area (Å²) < 4.78 is 24.6. The van der Waals surface area contributed by atoms with Crippen molar-refractivity contribution in [3.05, 3.63) is 34.9 Å². The van der Waals surface area contributed by atoms with Gasteiger partial charge >= 0.3 is 0 Å². The minimum absolute atomic E-state index is 0.145. The number of aryl methyl sites for hydroxylation is 2. The van der Waals surface area contributed by atoms with Crippen LogP contribution in [0.15, 0.2) is 18.2 Å². The van der Waals surface area contributed by atoms with Crippen molar-refractivity contribution in [3.8, 4) is 0 Å². The van der Waals surface area contributed by atoms with Crippen molar-refractivity contribution < 1.29 is 8.42 Å². The van der Waals surface area contributed by atoms with E-state index in [1.54, 1.807) is 0 Å². The third-order valence-electron chi connectivity index (χ3n) is 3.28. The van der Waals surface area contributed by atoms with Gasteiger partial charge in [0.25, 0.3) is 0 Å². The van der Waals surface area contributed by atoms with Gasteiger partial charge in [0, 0.05) is 5.33 Å². The fourth-order valence-electron chi connectivity index (χ4n) is 2.21. The monoisotopic (exact) mass is 346 g/mol. The van der Waals surface area contributed by atoms with Crippen molar-refractivity contribution in [2.24, 2.45) is 11.8 Å². The molecule has 1 rings (SSSR count). The highest BCUT2D eigenvalue weighted by Crippen LogP contribution is 2.19. The van der Waals surface area contributed by atoms with Crippen LogP contribution in [0.2, 0.25) is 0 Å².